The van der Waals surface area contributed by atoms with Crippen LogP contribution in [0.15, 0.2) is 76.4 Å². The molecule has 1 N–H and O–H groups in total. The molecule has 0 atom stereocenters. The van der Waals surface area contributed by atoms with E-state index in [1.807, 2.05) is 85.8 Å². The van der Waals surface area contributed by atoms with Gasteiger partial charge in [0.1, 0.15) is 11.5 Å². The first-order valence-corrected chi connectivity index (χ1v) is 11.9. The fraction of sp³-hybridized carbons (Fsp3) is 0.148. The third-order valence-corrected chi connectivity index (χ3v) is 5.89. The summed E-state index contributed by atoms with van der Waals surface area (Å²) < 4.78 is 16.3. The first kappa shape index (κ1) is 24.1. The van der Waals surface area contributed by atoms with E-state index in [9.17, 15) is 4.79 Å². The Bertz CT molecular complexity index is 1290. The molecule has 8 heteroatoms. The molecule has 35 heavy (non-hydrogen) atoms. The van der Waals surface area contributed by atoms with E-state index in [1.165, 1.54) is 11.8 Å². The number of carbonyl (C=O) groups is 1. The molecule has 0 spiro atoms. The molecule has 0 unspecified atom stereocenters. The third-order valence-electron chi connectivity index (χ3n) is 5.07. The van der Waals surface area contributed by atoms with E-state index >= 15 is 0 Å². The minimum atomic E-state index is -0.156. The average molecular weight is 488 g/mol. The maximum absolute atomic E-state index is 12.4. The fourth-order valence-corrected chi connectivity index (χ4v) is 3.76. The first-order chi connectivity index (χ1) is 17.0. The lowest BCUT2D eigenvalue weighted by Crippen LogP contribution is -2.13. The van der Waals surface area contributed by atoms with Crippen LogP contribution in [-0.2, 0) is 4.79 Å². The van der Waals surface area contributed by atoms with E-state index in [2.05, 4.69) is 15.5 Å². The lowest BCUT2D eigenvalue weighted by Gasteiger charge is -2.06. The van der Waals surface area contributed by atoms with Crippen molar-refractivity contribution in [2.45, 2.75) is 12.1 Å². The lowest BCUT2D eigenvalue weighted by molar-refractivity contribution is -0.113. The topological polar surface area (TPSA) is 86.5 Å². The molecule has 4 aromatic rings. The predicted molar refractivity (Wildman–Crippen MR) is 139 cm³/mol. The number of thioether (sulfide) groups is 1. The van der Waals surface area contributed by atoms with E-state index in [0.29, 0.717) is 16.8 Å². The van der Waals surface area contributed by atoms with E-state index in [4.69, 9.17) is 13.9 Å². The molecule has 0 aliphatic rings. The van der Waals surface area contributed by atoms with Gasteiger partial charge < -0.3 is 19.2 Å². The smallest absolute Gasteiger partial charge is 0.277 e. The van der Waals surface area contributed by atoms with Gasteiger partial charge >= 0.3 is 0 Å². The minimum absolute atomic E-state index is 0.156. The van der Waals surface area contributed by atoms with Crippen LogP contribution in [0.25, 0.3) is 23.6 Å². The maximum atomic E-state index is 12.4. The van der Waals surface area contributed by atoms with Crippen LogP contribution < -0.4 is 14.8 Å². The summed E-state index contributed by atoms with van der Waals surface area (Å²) in [6, 6.07) is 21.1. The van der Waals surface area contributed by atoms with Gasteiger partial charge in [0.05, 0.1) is 20.0 Å². The van der Waals surface area contributed by atoms with Crippen molar-refractivity contribution >= 4 is 35.5 Å². The van der Waals surface area contributed by atoms with Crippen molar-refractivity contribution in [3.8, 4) is 23.0 Å². The molecule has 0 saturated heterocycles. The van der Waals surface area contributed by atoms with Gasteiger partial charge in [-0.1, -0.05) is 53.7 Å². The van der Waals surface area contributed by atoms with E-state index < -0.39 is 0 Å². The van der Waals surface area contributed by atoms with Crippen LogP contribution in [-0.4, -0.2) is 36.1 Å². The van der Waals surface area contributed by atoms with Gasteiger partial charge in [0.15, 0.2) is 0 Å². The second-order valence-electron chi connectivity index (χ2n) is 7.68. The zero-order valence-electron chi connectivity index (χ0n) is 19.6. The number of anilines is 1. The number of benzene rings is 3. The Labute approximate surface area is 208 Å². The third kappa shape index (κ3) is 6.74. The van der Waals surface area contributed by atoms with Crippen LogP contribution in [0.1, 0.15) is 16.7 Å². The van der Waals surface area contributed by atoms with Gasteiger partial charge in [-0.25, -0.2) is 0 Å². The summed E-state index contributed by atoms with van der Waals surface area (Å²) in [4.78, 5) is 12.4. The Kier molecular flexibility index (Phi) is 7.84. The molecule has 4 rings (SSSR count). The molecule has 0 radical (unpaired) electrons. The monoisotopic (exact) mass is 487 g/mol. The van der Waals surface area contributed by atoms with Crippen LogP contribution in [0.3, 0.4) is 0 Å². The average Bonchev–Trinajstić information content (AvgIpc) is 3.36. The van der Waals surface area contributed by atoms with Gasteiger partial charge in [0, 0.05) is 17.3 Å². The highest BCUT2D eigenvalue weighted by atomic mass is 32.2. The van der Waals surface area contributed by atoms with Crippen molar-refractivity contribution < 1.29 is 18.7 Å². The Balaban J connectivity index is 1.30. The predicted octanol–water partition coefficient (Wildman–Crippen LogP) is 5.96. The Morgan fingerprint density at radius 2 is 1.57 bits per heavy atom. The molecule has 0 aliphatic carbocycles. The van der Waals surface area contributed by atoms with Crippen molar-refractivity contribution in [2.24, 2.45) is 0 Å². The summed E-state index contributed by atoms with van der Waals surface area (Å²) in [6.45, 7) is 2.02. The number of methoxy groups -OCH3 is 2. The molecule has 1 amide bonds. The van der Waals surface area contributed by atoms with Gasteiger partial charge in [0.2, 0.25) is 11.8 Å². The van der Waals surface area contributed by atoms with Gasteiger partial charge in [0.25, 0.3) is 5.22 Å². The number of aryl methyl sites for hydroxylation is 1. The summed E-state index contributed by atoms with van der Waals surface area (Å²) >= 11 is 1.20. The molecule has 7 nitrogen and oxygen atoms in total. The summed E-state index contributed by atoms with van der Waals surface area (Å²) in [5, 5.41) is 11.3. The van der Waals surface area contributed by atoms with E-state index in [-0.39, 0.29) is 11.7 Å². The normalized spacial score (nSPS) is 10.9. The van der Waals surface area contributed by atoms with Crippen LogP contribution in [0.5, 0.6) is 11.5 Å². The molecule has 1 heterocycles. The highest BCUT2D eigenvalue weighted by molar-refractivity contribution is 7.99. The quantitative estimate of drug-likeness (QED) is 0.230. The maximum Gasteiger partial charge on any atom is 0.277 e. The number of hydrogen-bond donors (Lipinski definition) is 1. The zero-order valence-corrected chi connectivity index (χ0v) is 20.5. The molecule has 0 bridgehead atoms. The Hall–Kier alpha value is -4.04. The number of carbonyl (C=O) groups excluding carboxylic acids is 1. The molecular weight excluding hydrogens is 462 g/mol. The van der Waals surface area contributed by atoms with E-state index in [0.717, 1.165) is 33.8 Å². The summed E-state index contributed by atoms with van der Waals surface area (Å²) in [5.74, 6) is 1.90. The van der Waals surface area contributed by atoms with Crippen LogP contribution in [0.2, 0.25) is 0 Å². The first-order valence-electron chi connectivity index (χ1n) is 10.9. The van der Waals surface area contributed by atoms with Gasteiger partial charge in [-0.15, -0.1) is 10.2 Å². The standard InChI is InChI=1S/C27H25N3O4S/c1-18-4-10-21(11-5-18)26-29-30-27(34-26)35-17-25(31)28-22-12-8-19(9-13-22)6-7-20-14-23(32-2)16-24(15-20)33-3/h4-16H,17H2,1-3H3,(H,28,31)/b7-6+. The fourth-order valence-electron chi connectivity index (χ4n) is 3.20. The molecule has 0 aliphatic heterocycles. The van der Waals surface area contributed by atoms with Gasteiger partial charge in [-0.3, -0.25) is 4.79 Å². The second kappa shape index (κ2) is 11.4. The number of nitrogens with one attached hydrogen (secondary N) is 1. The Morgan fingerprint density at radius 1 is 0.914 bits per heavy atom. The SMILES string of the molecule is COc1cc(/C=C/c2ccc(NC(=O)CSc3nnc(-c4ccc(C)cc4)o3)cc2)cc(OC)c1. The zero-order chi connectivity index (χ0) is 24.6. The van der Waals surface area contributed by atoms with E-state index in [1.54, 1.807) is 14.2 Å². The molecule has 0 fully saturated rings. The second-order valence-corrected chi connectivity index (χ2v) is 8.60. The number of aromatic nitrogens is 2. The van der Waals surface area contributed by atoms with Crippen LogP contribution in [0.4, 0.5) is 5.69 Å². The number of ether oxygens (including phenoxy) is 2. The van der Waals surface area contributed by atoms with Crippen molar-refractivity contribution in [3.63, 3.8) is 0 Å². The lowest BCUT2D eigenvalue weighted by atomic mass is 10.1. The summed E-state index contributed by atoms with van der Waals surface area (Å²) in [7, 11) is 3.25. The molecule has 0 saturated carbocycles. The van der Waals surface area contributed by atoms with Crippen LogP contribution in [0, 0.1) is 6.92 Å². The van der Waals surface area contributed by atoms with Gasteiger partial charge in [-0.2, -0.15) is 0 Å². The van der Waals surface area contributed by atoms with Crippen molar-refractivity contribution in [1.29, 1.82) is 0 Å². The van der Waals surface area contributed by atoms with Crippen molar-refractivity contribution in [3.05, 3.63) is 83.4 Å². The molecular formula is C27H25N3O4S. The van der Waals surface area contributed by atoms with Crippen molar-refractivity contribution in [2.75, 3.05) is 25.3 Å². The number of rotatable bonds is 9. The molecule has 1 aromatic heterocycles. The highest BCUT2D eigenvalue weighted by Gasteiger charge is 2.11. The number of amides is 1. The largest absolute Gasteiger partial charge is 0.497 e. The summed E-state index contributed by atoms with van der Waals surface area (Å²) in [5.41, 5.74) is 4.66. The van der Waals surface area contributed by atoms with Crippen LogP contribution >= 0.6 is 11.8 Å². The molecule has 178 valence electrons. The highest BCUT2D eigenvalue weighted by Crippen LogP contribution is 2.25. The number of hydrogen-bond acceptors (Lipinski definition) is 7. The summed E-state index contributed by atoms with van der Waals surface area (Å²) in [6.07, 6.45) is 3.96. The Morgan fingerprint density at radius 3 is 2.23 bits per heavy atom. The minimum Gasteiger partial charge on any atom is -0.497 e. The van der Waals surface area contributed by atoms with Gasteiger partial charge in [-0.05, 0) is 54.4 Å². The number of nitrogens with zero attached hydrogens (tertiary/aromatic N) is 2. The molecule has 3 aromatic carbocycles. The van der Waals surface area contributed by atoms with Crippen molar-refractivity contribution in [1.82, 2.24) is 10.2 Å².